The zero-order chi connectivity index (χ0) is 14.5. The molecule has 0 radical (unpaired) electrons. The normalized spacial score (nSPS) is 20.2. The Morgan fingerprint density at radius 1 is 1.55 bits per heavy atom. The van der Waals surface area contributed by atoms with E-state index in [2.05, 4.69) is 16.8 Å². The van der Waals surface area contributed by atoms with Gasteiger partial charge in [-0.25, -0.2) is 4.99 Å². The molecule has 1 fully saturated rings. The number of guanidine groups is 1. The first kappa shape index (κ1) is 14.6. The van der Waals surface area contributed by atoms with Crippen molar-refractivity contribution in [1.82, 2.24) is 9.47 Å². The fourth-order valence-corrected chi connectivity index (χ4v) is 2.62. The van der Waals surface area contributed by atoms with E-state index in [4.69, 9.17) is 5.73 Å². The Kier molecular flexibility index (Phi) is 4.82. The van der Waals surface area contributed by atoms with Gasteiger partial charge in [-0.05, 0) is 31.7 Å². The highest BCUT2D eigenvalue weighted by atomic mass is 16.1. The Morgan fingerprint density at radius 2 is 2.35 bits per heavy atom. The van der Waals surface area contributed by atoms with Crippen molar-refractivity contribution in [3.8, 4) is 0 Å². The number of rotatable bonds is 3. The van der Waals surface area contributed by atoms with E-state index in [-0.39, 0.29) is 5.56 Å². The summed E-state index contributed by atoms with van der Waals surface area (Å²) in [5.41, 5.74) is 6.77. The summed E-state index contributed by atoms with van der Waals surface area (Å²) in [6.45, 7) is 7.15. The van der Waals surface area contributed by atoms with E-state index in [9.17, 15) is 4.79 Å². The molecule has 5 heteroatoms. The first-order chi connectivity index (χ1) is 9.61. The third kappa shape index (κ3) is 3.40. The fraction of sp³-hybridized carbons (Fsp3) is 0.600. The number of hydrogen-bond acceptors (Lipinski definition) is 2. The maximum atomic E-state index is 12.1. The fourth-order valence-electron chi connectivity index (χ4n) is 2.62. The molecule has 1 aliphatic heterocycles. The molecule has 5 nitrogen and oxygen atoms in total. The molecule has 2 rings (SSSR count). The van der Waals surface area contributed by atoms with Crippen molar-refractivity contribution in [2.24, 2.45) is 16.6 Å². The minimum atomic E-state index is 0.0264. The number of pyridine rings is 1. The van der Waals surface area contributed by atoms with Crippen LogP contribution >= 0.6 is 0 Å². The summed E-state index contributed by atoms with van der Waals surface area (Å²) >= 11 is 0. The lowest BCUT2D eigenvalue weighted by Crippen LogP contribution is -2.43. The standard InChI is InChI=1S/C15H24N4O/c1-3-18-8-5-7-13(14(18)20)10-17-15(16)19-9-4-6-12(2)11-19/h5,7-8,12H,3-4,6,9-11H2,1-2H3,(H2,16,17). The van der Waals surface area contributed by atoms with Crippen LogP contribution in [0.5, 0.6) is 0 Å². The zero-order valence-corrected chi connectivity index (χ0v) is 12.4. The molecule has 2 heterocycles. The third-order valence-corrected chi connectivity index (χ3v) is 3.83. The van der Waals surface area contributed by atoms with Gasteiger partial charge in [-0.15, -0.1) is 0 Å². The van der Waals surface area contributed by atoms with Crippen LogP contribution in [-0.2, 0) is 13.1 Å². The molecule has 110 valence electrons. The van der Waals surface area contributed by atoms with E-state index >= 15 is 0 Å². The average molecular weight is 276 g/mol. The monoisotopic (exact) mass is 276 g/mol. The maximum absolute atomic E-state index is 12.1. The van der Waals surface area contributed by atoms with Crippen molar-refractivity contribution in [2.45, 2.75) is 39.8 Å². The van der Waals surface area contributed by atoms with Crippen LogP contribution in [0.15, 0.2) is 28.1 Å². The Labute approximate surface area is 120 Å². The molecule has 0 amide bonds. The number of aromatic nitrogens is 1. The highest BCUT2D eigenvalue weighted by Crippen LogP contribution is 2.14. The molecule has 0 aromatic carbocycles. The highest BCUT2D eigenvalue weighted by Gasteiger charge is 2.17. The quantitative estimate of drug-likeness (QED) is 0.670. The number of nitrogens with zero attached hydrogens (tertiary/aromatic N) is 3. The molecule has 1 aliphatic rings. The van der Waals surface area contributed by atoms with Crippen molar-refractivity contribution in [3.05, 3.63) is 34.2 Å². The molecule has 0 aliphatic carbocycles. The van der Waals surface area contributed by atoms with Crippen LogP contribution < -0.4 is 11.3 Å². The van der Waals surface area contributed by atoms with Crippen LogP contribution in [-0.4, -0.2) is 28.5 Å². The summed E-state index contributed by atoms with van der Waals surface area (Å²) in [6.07, 6.45) is 4.21. The molecule has 2 N–H and O–H groups in total. The van der Waals surface area contributed by atoms with Gasteiger partial charge < -0.3 is 15.2 Å². The van der Waals surface area contributed by atoms with Gasteiger partial charge in [0.05, 0.1) is 6.54 Å². The van der Waals surface area contributed by atoms with Gasteiger partial charge in [0.25, 0.3) is 5.56 Å². The number of aryl methyl sites for hydroxylation is 1. The van der Waals surface area contributed by atoms with Crippen LogP contribution in [0.4, 0.5) is 0 Å². The number of piperidine rings is 1. The molecule has 1 aromatic heterocycles. The minimum absolute atomic E-state index is 0.0264. The van der Waals surface area contributed by atoms with Crippen LogP contribution in [0, 0.1) is 5.92 Å². The summed E-state index contributed by atoms with van der Waals surface area (Å²) in [5.74, 6) is 1.22. The van der Waals surface area contributed by atoms with Crippen molar-refractivity contribution in [3.63, 3.8) is 0 Å². The van der Waals surface area contributed by atoms with E-state index in [0.29, 0.717) is 30.5 Å². The van der Waals surface area contributed by atoms with E-state index in [1.165, 1.54) is 6.42 Å². The smallest absolute Gasteiger partial charge is 0.255 e. The topological polar surface area (TPSA) is 63.6 Å². The number of aliphatic imine (C=N–C) groups is 1. The summed E-state index contributed by atoms with van der Waals surface area (Å²) in [6, 6.07) is 3.71. The maximum Gasteiger partial charge on any atom is 0.255 e. The second kappa shape index (κ2) is 6.59. The SMILES string of the molecule is CCn1cccc(CN=C(N)N2CCCC(C)C2)c1=O. The molecule has 1 unspecified atom stereocenters. The summed E-state index contributed by atoms with van der Waals surface area (Å²) in [7, 11) is 0. The van der Waals surface area contributed by atoms with Gasteiger partial charge in [0.15, 0.2) is 5.96 Å². The molecule has 1 aromatic rings. The average Bonchev–Trinajstić information content (AvgIpc) is 2.46. The van der Waals surface area contributed by atoms with E-state index in [1.807, 2.05) is 19.1 Å². The van der Waals surface area contributed by atoms with Crippen LogP contribution in [0.2, 0.25) is 0 Å². The van der Waals surface area contributed by atoms with Gasteiger partial charge >= 0.3 is 0 Å². The van der Waals surface area contributed by atoms with Gasteiger partial charge in [0.2, 0.25) is 0 Å². The highest BCUT2D eigenvalue weighted by molar-refractivity contribution is 5.78. The first-order valence-corrected chi connectivity index (χ1v) is 7.35. The second-order valence-corrected chi connectivity index (χ2v) is 5.49. The Hall–Kier alpha value is -1.78. The molecule has 1 saturated heterocycles. The molecule has 1 atom stereocenters. The summed E-state index contributed by atoms with van der Waals surface area (Å²) in [5, 5.41) is 0. The lowest BCUT2D eigenvalue weighted by Gasteiger charge is -2.31. The number of likely N-dealkylation sites (tertiary alicyclic amines) is 1. The van der Waals surface area contributed by atoms with Gasteiger partial charge in [0, 0.05) is 31.4 Å². The van der Waals surface area contributed by atoms with Crippen molar-refractivity contribution >= 4 is 5.96 Å². The van der Waals surface area contributed by atoms with Crippen molar-refractivity contribution < 1.29 is 0 Å². The van der Waals surface area contributed by atoms with Gasteiger partial charge in [-0.2, -0.15) is 0 Å². The van der Waals surface area contributed by atoms with E-state index in [0.717, 1.165) is 19.5 Å². The first-order valence-electron chi connectivity index (χ1n) is 7.35. The predicted octanol–water partition coefficient (Wildman–Crippen LogP) is 1.41. The molecular weight excluding hydrogens is 252 g/mol. The lowest BCUT2D eigenvalue weighted by molar-refractivity contribution is 0.270. The molecule has 0 spiro atoms. The third-order valence-electron chi connectivity index (χ3n) is 3.83. The number of hydrogen-bond donors (Lipinski definition) is 1. The van der Waals surface area contributed by atoms with E-state index < -0.39 is 0 Å². The minimum Gasteiger partial charge on any atom is -0.370 e. The predicted molar refractivity (Wildman–Crippen MR) is 81.7 cm³/mol. The Morgan fingerprint density at radius 3 is 3.05 bits per heavy atom. The van der Waals surface area contributed by atoms with Crippen molar-refractivity contribution in [2.75, 3.05) is 13.1 Å². The van der Waals surface area contributed by atoms with Gasteiger partial charge in [-0.1, -0.05) is 13.0 Å². The lowest BCUT2D eigenvalue weighted by atomic mass is 10.0. The number of nitrogens with two attached hydrogens (primary N) is 1. The van der Waals surface area contributed by atoms with Crippen LogP contribution in [0.1, 0.15) is 32.3 Å². The van der Waals surface area contributed by atoms with Crippen molar-refractivity contribution in [1.29, 1.82) is 0 Å². The molecule has 20 heavy (non-hydrogen) atoms. The van der Waals surface area contributed by atoms with Gasteiger partial charge in [-0.3, -0.25) is 4.79 Å². The summed E-state index contributed by atoms with van der Waals surface area (Å²) in [4.78, 5) is 18.6. The summed E-state index contributed by atoms with van der Waals surface area (Å²) < 4.78 is 1.68. The second-order valence-electron chi connectivity index (χ2n) is 5.49. The largest absolute Gasteiger partial charge is 0.370 e. The Bertz CT molecular complexity index is 535. The zero-order valence-electron chi connectivity index (χ0n) is 12.4. The molecule has 0 bridgehead atoms. The molecular formula is C15H24N4O. The van der Waals surface area contributed by atoms with E-state index in [1.54, 1.807) is 10.8 Å². The Balaban J connectivity index is 2.07. The van der Waals surface area contributed by atoms with Crippen LogP contribution in [0.25, 0.3) is 0 Å². The van der Waals surface area contributed by atoms with Gasteiger partial charge in [0.1, 0.15) is 0 Å². The van der Waals surface area contributed by atoms with Crippen LogP contribution in [0.3, 0.4) is 0 Å². The molecule has 0 saturated carbocycles.